The standard InChI is InChI=1S/C23H42O/c1-19(2)11-7-12-20(3)13-8-14-21(4)15-9-16-22(5)17-10-18-23(6)24/h10,17-21H,7-9,11-16H2,1-6H3. The zero-order valence-corrected chi connectivity index (χ0v) is 17.2. The van der Waals surface area contributed by atoms with Crippen LogP contribution in [0.4, 0.5) is 0 Å². The molecule has 2 atom stereocenters. The summed E-state index contributed by atoms with van der Waals surface area (Å²) in [7, 11) is 0. The van der Waals surface area contributed by atoms with E-state index >= 15 is 0 Å². The molecule has 0 spiro atoms. The summed E-state index contributed by atoms with van der Waals surface area (Å²) in [5, 5.41) is 0. The van der Waals surface area contributed by atoms with Crippen LogP contribution in [-0.4, -0.2) is 5.78 Å². The fourth-order valence-electron chi connectivity index (χ4n) is 3.14. The monoisotopic (exact) mass is 334 g/mol. The van der Waals surface area contributed by atoms with Crippen molar-refractivity contribution in [3.05, 3.63) is 23.8 Å². The van der Waals surface area contributed by atoms with Crippen LogP contribution in [0.2, 0.25) is 0 Å². The van der Waals surface area contributed by atoms with Crippen LogP contribution >= 0.6 is 0 Å². The molecule has 0 aliphatic carbocycles. The van der Waals surface area contributed by atoms with Crippen LogP contribution in [0.1, 0.15) is 99.3 Å². The first-order valence-corrected chi connectivity index (χ1v) is 10.2. The summed E-state index contributed by atoms with van der Waals surface area (Å²) in [6, 6.07) is 0. The molecule has 0 aromatic rings. The third-order valence-electron chi connectivity index (χ3n) is 4.85. The van der Waals surface area contributed by atoms with Crippen LogP contribution in [0, 0.1) is 17.8 Å². The van der Waals surface area contributed by atoms with Gasteiger partial charge in [0, 0.05) is 0 Å². The van der Waals surface area contributed by atoms with Crippen molar-refractivity contribution >= 4 is 5.78 Å². The highest BCUT2D eigenvalue weighted by Crippen LogP contribution is 2.22. The minimum atomic E-state index is 0.117. The van der Waals surface area contributed by atoms with Crippen molar-refractivity contribution in [3.8, 4) is 0 Å². The maximum atomic E-state index is 10.8. The quantitative estimate of drug-likeness (QED) is 0.237. The average molecular weight is 335 g/mol. The fraction of sp³-hybridized carbons (Fsp3) is 0.783. The average Bonchev–Trinajstić information content (AvgIpc) is 2.46. The second-order valence-electron chi connectivity index (χ2n) is 8.34. The Bertz CT molecular complexity index is 375. The smallest absolute Gasteiger partial charge is 0.152 e. The van der Waals surface area contributed by atoms with Gasteiger partial charge < -0.3 is 0 Å². The number of rotatable bonds is 14. The minimum absolute atomic E-state index is 0.117. The van der Waals surface area contributed by atoms with Gasteiger partial charge in [-0.25, -0.2) is 0 Å². The lowest BCUT2D eigenvalue weighted by molar-refractivity contribution is -0.112. The van der Waals surface area contributed by atoms with Crippen LogP contribution in [0.15, 0.2) is 23.8 Å². The van der Waals surface area contributed by atoms with Crippen molar-refractivity contribution in [1.29, 1.82) is 0 Å². The van der Waals surface area contributed by atoms with E-state index in [1.807, 2.05) is 6.08 Å². The van der Waals surface area contributed by atoms with E-state index in [9.17, 15) is 4.79 Å². The predicted molar refractivity (Wildman–Crippen MR) is 108 cm³/mol. The Morgan fingerprint density at radius 1 is 0.792 bits per heavy atom. The first kappa shape index (κ1) is 23.1. The molecule has 0 rings (SSSR count). The molecule has 1 nitrogen and oxygen atoms in total. The Labute approximate surface area is 152 Å². The maximum absolute atomic E-state index is 10.8. The minimum Gasteiger partial charge on any atom is -0.295 e. The van der Waals surface area contributed by atoms with Gasteiger partial charge in [0.25, 0.3) is 0 Å². The lowest BCUT2D eigenvalue weighted by Crippen LogP contribution is -2.00. The number of hydrogen-bond donors (Lipinski definition) is 0. The summed E-state index contributed by atoms with van der Waals surface area (Å²) in [6.45, 7) is 13.2. The van der Waals surface area contributed by atoms with Crippen molar-refractivity contribution in [2.75, 3.05) is 0 Å². The second-order valence-corrected chi connectivity index (χ2v) is 8.34. The van der Waals surface area contributed by atoms with E-state index in [1.165, 1.54) is 56.9 Å². The van der Waals surface area contributed by atoms with Gasteiger partial charge in [-0.2, -0.15) is 0 Å². The highest BCUT2D eigenvalue weighted by Gasteiger charge is 2.06. The van der Waals surface area contributed by atoms with Gasteiger partial charge in [0.2, 0.25) is 0 Å². The van der Waals surface area contributed by atoms with E-state index in [0.717, 1.165) is 24.2 Å². The molecule has 2 unspecified atom stereocenters. The van der Waals surface area contributed by atoms with Gasteiger partial charge in [0.05, 0.1) is 0 Å². The number of carbonyl (C=O) groups is 1. The molecule has 0 N–H and O–H groups in total. The van der Waals surface area contributed by atoms with E-state index in [1.54, 1.807) is 13.0 Å². The molecule has 0 saturated heterocycles. The van der Waals surface area contributed by atoms with Gasteiger partial charge in [0.15, 0.2) is 5.78 Å². The summed E-state index contributed by atoms with van der Waals surface area (Å²) >= 11 is 0. The molecular formula is C23H42O. The Hall–Kier alpha value is -0.850. The Balaban J connectivity index is 3.68. The topological polar surface area (TPSA) is 17.1 Å². The van der Waals surface area contributed by atoms with Crippen molar-refractivity contribution in [3.63, 3.8) is 0 Å². The van der Waals surface area contributed by atoms with Gasteiger partial charge >= 0.3 is 0 Å². The molecule has 0 bridgehead atoms. The molecule has 0 amide bonds. The van der Waals surface area contributed by atoms with Crippen molar-refractivity contribution < 1.29 is 4.79 Å². The first-order chi connectivity index (χ1) is 11.3. The third kappa shape index (κ3) is 16.0. The number of ketones is 1. The predicted octanol–water partition coefficient (Wildman–Crippen LogP) is 7.52. The highest BCUT2D eigenvalue weighted by molar-refractivity contribution is 5.87. The molecular weight excluding hydrogens is 292 g/mol. The zero-order valence-electron chi connectivity index (χ0n) is 17.2. The summed E-state index contributed by atoms with van der Waals surface area (Å²) in [6.07, 6.45) is 17.7. The van der Waals surface area contributed by atoms with Crippen molar-refractivity contribution in [1.82, 2.24) is 0 Å². The van der Waals surface area contributed by atoms with Gasteiger partial charge in [-0.05, 0) is 50.5 Å². The Morgan fingerprint density at radius 2 is 1.29 bits per heavy atom. The van der Waals surface area contributed by atoms with E-state index in [-0.39, 0.29) is 5.78 Å². The second kappa shape index (κ2) is 14.5. The number of hydrogen-bond acceptors (Lipinski definition) is 1. The normalized spacial score (nSPS) is 15.2. The Morgan fingerprint density at radius 3 is 1.79 bits per heavy atom. The zero-order chi connectivity index (χ0) is 18.4. The van der Waals surface area contributed by atoms with Gasteiger partial charge in [0.1, 0.15) is 0 Å². The molecule has 0 saturated carbocycles. The fourth-order valence-corrected chi connectivity index (χ4v) is 3.14. The summed E-state index contributed by atoms with van der Waals surface area (Å²) in [4.78, 5) is 10.8. The van der Waals surface area contributed by atoms with Crippen LogP contribution in [0.25, 0.3) is 0 Å². The van der Waals surface area contributed by atoms with E-state index in [4.69, 9.17) is 0 Å². The molecule has 140 valence electrons. The molecule has 0 aromatic heterocycles. The Kier molecular flexibility index (Phi) is 14.0. The van der Waals surface area contributed by atoms with Crippen molar-refractivity contribution in [2.45, 2.75) is 99.3 Å². The number of allylic oxidation sites excluding steroid dienone is 4. The van der Waals surface area contributed by atoms with E-state index < -0.39 is 0 Å². The van der Waals surface area contributed by atoms with Crippen molar-refractivity contribution in [2.24, 2.45) is 17.8 Å². The summed E-state index contributed by atoms with van der Waals surface area (Å²) in [5.41, 5.74) is 1.37. The largest absolute Gasteiger partial charge is 0.295 e. The highest BCUT2D eigenvalue weighted by atomic mass is 16.1. The summed E-state index contributed by atoms with van der Waals surface area (Å²) in [5.74, 6) is 2.71. The van der Waals surface area contributed by atoms with Crippen LogP contribution in [0.3, 0.4) is 0 Å². The van der Waals surface area contributed by atoms with Crippen LogP contribution in [0.5, 0.6) is 0 Å². The molecule has 24 heavy (non-hydrogen) atoms. The molecule has 0 fully saturated rings. The lowest BCUT2D eigenvalue weighted by Gasteiger charge is -2.15. The van der Waals surface area contributed by atoms with Gasteiger partial charge in [-0.15, -0.1) is 0 Å². The summed E-state index contributed by atoms with van der Waals surface area (Å²) < 4.78 is 0. The SMILES string of the molecule is CC(=O)C=CC=C(C)CCCC(C)CCCC(C)CCCC(C)C. The molecule has 0 aliphatic heterocycles. The van der Waals surface area contributed by atoms with Crippen LogP contribution in [-0.2, 0) is 4.79 Å². The molecule has 0 aliphatic rings. The van der Waals surface area contributed by atoms with E-state index in [0.29, 0.717) is 0 Å². The van der Waals surface area contributed by atoms with Crippen LogP contribution < -0.4 is 0 Å². The van der Waals surface area contributed by atoms with Gasteiger partial charge in [-0.3, -0.25) is 4.79 Å². The lowest BCUT2D eigenvalue weighted by atomic mass is 9.91. The maximum Gasteiger partial charge on any atom is 0.152 e. The van der Waals surface area contributed by atoms with E-state index in [2.05, 4.69) is 40.7 Å². The molecule has 1 heteroatoms. The first-order valence-electron chi connectivity index (χ1n) is 10.2. The number of carbonyl (C=O) groups excluding carboxylic acids is 1. The molecule has 0 heterocycles. The molecule has 0 radical (unpaired) electrons. The third-order valence-corrected chi connectivity index (χ3v) is 4.85. The van der Waals surface area contributed by atoms with Gasteiger partial charge in [-0.1, -0.05) is 90.4 Å². The molecule has 0 aromatic carbocycles.